The van der Waals surface area contributed by atoms with E-state index < -0.39 is 11.6 Å². The average Bonchev–Trinajstić information content (AvgIpc) is 2.48. The first-order valence-electron chi connectivity index (χ1n) is 6.29. The number of carbonyl (C=O) groups is 1. The Morgan fingerprint density at radius 1 is 0.905 bits per heavy atom. The molecule has 0 aromatic heterocycles. The molecule has 0 aliphatic carbocycles. The van der Waals surface area contributed by atoms with Crippen LogP contribution in [-0.4, -0.2) is 16.5 Å². The van der Waals surface area contributed by atoms with Gasteiger partial charge in [0, 0.05) is 5.56 Å². The highest BCUT2D eigenvalue weighted by molar-refractivity contribution is 6.00. The number of carbonyl (C=O) groups excluding carboxylic acids is 1. The lowest BCUT2D eigenvalue weighted by molar-refractivity contribution is 0.112. The maximum Gasteiger partial charge on any atom is 0.165 e. The van der Waals surface area contributed by atoms with E-state index in [1.54, 1.807) is 30.3 Å². The normalized spacial score (nSPS) is 10.7. The highest BCUT2D eigenvalue weighted by Crippen LogP contribution is 2.30. The van der Waals surface area contributed by atoms with Crippen molar-refractivity contribution in [3.05, 3.63) is 59.9 Å². The minimum absolute atomic E-state index is 0.0213. The molecule has 0 fully saturated rings. The van der Waals surface area contributed by atoms with Crippen LogP contribution in [0.1, 0.15) is 10.4 Å². The van der Waals surface area contributed by atoms with Crippen LogP contribution in [0.3, 0.4) is 0 Å². The SMILES string of the molecule is O=Cc1cc(O)cc2ccc(-c3ccc(O)c(F)c3)cc12. The quantitative estimate of drug-likeness (QED) is 0.701. The summed E-state index contributed by atoms with van der Waals surface area (Å²) in [5, 5.41) is 20.2. The fourth-order valence-corrected chi connectivity index (χ4v) is 2.33. The molecule has 0 heterocycles. The highest BCUT2D eigenvalue weighted by Gasteiger charge is 2.08. The number of hydrogen-bond donors (Lipinski definition) is 2. The van der Waals surface area contributed by atoms with Gasteiger partial charge in [0.05, 0.1) is 0 Å². The lowest BCUT2D eigenvalue weighted by Crippen LogP contribution is -1.86. The Hall–Kier alpha value is -2.88. The Morgan fingerprint density at radius 3 is 2.33 bits per heavy atom. The Bertz CT molecular complexity index is 856. The third-order valence-corrected chi connectivity index (χ3v) is 3.38. The van der Waals surface area contributed by atoms with Crippen LogP contribution < -0.4 is 0 Å². The van der Waals surface area contributed by atoms with E-state index in [0.717, 1.165) is 10.9 Å². The van der Waals surface area contributed by atoms with Crippen molar-refractivity contribution in [2.45, 2.75) is 0 Å². The number of hydrogen-bond acceptors (Lipinski definition) is 3. The summed E-state index contributed by atoms with van der Waals surface area (Å²) in [6, 6.07) is 12.3. The molecular weight excluding hydrogens is 271 g/mol. The first kappa shape index (κ1) is 13.1. The second kappa shape index (κ2) is 4.90. The van der Waals surface area contributed by atoms with E-state index in [1.165, 1.54) is 18.2 Å². The summed E-state index contributed by atoms with van der Waals surface area (Å²) in [7, 11) is 0. The minimum atomic E-state index is -0.700. The lowest BCUT2D eigenvalue weighted by Gasteiger charge is -2.07. The van der Waals surface area contributed by atoms with Gasteiger partial charge in [-0.25, -0.2) is 4.39 Å². The molecule has 0 saturated heterocycles. The fourth-order valence-electron chi connectivity index (χ4n) is 2.33. The smallest absolute Gasteiger partial charge is 0.165 e. The van der Waals surface area contributed by atoms with Crippen molar-refractivity contribution in [3.63, 3.8) is 0 Å². The van der Waals surface area contributed by atoms with Gasteiger partial charge in [-0.05, 0) is 52.2 Å². The van der Waals surface area contributed by atoms with Crippen molar-refractivity contribution in [1.82, 2.24) is 0 Å². The summed E-state index contributed by atoms with van der Waals surface area (Å²) in [6.07, 6.45) is 0.670. The maximum atomic E-state index is 13.4. The van der Waals surface area contributed by atoms with Crippen molar-refractivity contribution < 1.29 is 19.4 Å². The largest absolute Gasteiger partial charge is 0.508 e. The molecule has 3 rings (SSSR count). The maximum absolute atomic E-state index is 13.4. The molecular formula is C17H11FO3. The summed E-state index contributed by atoms with van der Waals surface area (Å²) in [5.41, 5.74) is 1.68. The minimum Gasteiger partial charge on any atom is -0.508 e. The van der Waals surface area contributed by atoms with Gasteiger partial charge in [0.1, 0.15) is 5.75 Å². The molecule has 0 atom stereocenters. The van der Waals surface area contributed by atoms with Crippen LogP contribution in [0.15, 0.2) is 48.5 Å². The molecule has 3 aromatic rings. The van der Waals surface area contributed by atoms with E-state index in [4.69, 9.17) is 0 Å². The summed E-state index contributed by atoms with van der Waals surface area (Å²) >= 11 is 0. The Balaban J connectivity index is 2.22. The zero-order valence-electron chi connectivity index (χ0n) is 10.9. The van der Waals surface area contributed by atoms with Gasteiger partial charge in [-0.2, -0.15) is 0 Å². The molecule has 104 valence electrons. The van der Waals surface area contributed by atoms with Crippen LogP contribution in [0.5, 0.6) is 11.5 Å². The van der Waals surface area contributed by atoms with Gasteiger partial charge in [0.15, 0.2) is 17.9 Å². The van der Waals surface area contributed by atoms with E-state index >= 15 is 0 Å². The average molecular weight is 282 g/mol. The number of fused-ring (bicyclic) bond motifs is 1. The van der Waals surface area contributed by atoms with Gasteiger partial charge in [0.2, 0.25) is 0 Å². The van der Waals surface area contributed by atoms with Crippen LogP contribution in [0.4, 0.5) is 4.39 Å². The summed E-state index contributed by atoms with van der Waals surface area (Å²) < 4.78 is 13.4. The molecule has 3 nitrogen and oxygen atoms in total. The van der Waals surface area contributed by atoms with Crippen LogP contribution in [0.2, 0.25) is 0 Å². The second-order valence-corrected chi connectivity index (χ2v) is 4.75. The number of phenolic OH excluding ortho intramolecular Hbond substituents is 2. The lowest BCUT2D eigenvalue weighted by atomic mass is 9.98. The zero-order chi connectivity index (χ0) is 15.0. The predicted octanol–water partition coefficient (Wildman–Crippen LogP) is 3.87. The third-order valence-electron chi connectivity index (χ3n) is 3.38. The number of rotatable bonds is 2. The van der Waals surface area contributed by atoms with Gasteiger partial charge in [-0.3, -0.25) is 4.79 Å². The van der Waals surface area contributed by atoms with E-state index in [2.05, 4.69) is 0 Å². The molecule has 21 heavy (non-hydrogen) atoms. The van der Waals surface area contributed by atoms with Gasteiger partial charge in [-0.1, -0.05) is 18.2 Å². The Kier molecular flexibility index (Phi) is 3.06. The molecule has 0 aliphatic heterocycles. The van der Waals surface area contributed by atoms with E-state index in [9.17, 15) is 19.4 Å². The third kappa shape index (κ3) is 2.31. The number of halogens is 1. The number of aromatic hydroxyl groups is 2. The first-order valence-corrected chi connectivity index (χ1v) is 6.29. The number of aldehydes is 1. The Morgan fingerprint density at radius 2 is 1.62 bits per heavy atom. The highest BCUT2D eigenvalue weighted by atomic mass is 19.1. The van der Waals surface area contributed by atoms with E-state index in [1.807, 2.05) is 0 Å². The molecule has 0 radical (unpaired) electrons. The van der Waals surface area contributed by atoms with Gasteiger partial charge in [-0.15, -0.1) is 0 Å². The van der Waals surface area contributed by atoms with Crippen LogP contribution in [-0.2, 0) is 0 Å². The van der Waals surface area contributed by atoms with E-state index in [-0.39, 0.29) is 5.75 Å². The standard InChI is InChI=1S/C17H11FO3/c18-16-8-11(3-4-17(16)21)10-1-2-12-5-14(20)6-13(9-19)15(12)7-10/h1-9,20-21H. The number of benzene rings is 3. The molecule has 3 aromatic carbocycles. The molecule has 0 bridgehead atoms. The first-order chi connectivity index (χ1) is 10.1. The molecule has 0 aliphatic rings. The fraction of sp³-hybridized carbons (Fsp3) is 0. The van der Waals surface area contributed by atoms with Gasteiger partial charge < -0.3 is 10.2 Å². The summed E-state index contributed by atoms with van der Waals surface area (Å²) in [6.45, 7) is 0. The summed E-state index contributed by atoms with van der Waals surface area (Å²) in [5.74, 6) is -1.08. The summed E-state index contributed by atoms with van der Waals surface area (Å²) in [4.78, 5) is 11.1. The molecule has 0 unspecified atom stereocenters. The number of phenols is 2. The second-order valence-electron chi connectivity index (χ2n) is 4.75. The van der Waals surface area contributed by atoms with Crippen molar-refractivity contribution in [3.8, 4) is 22.6 Å². The van der Waals surface area contributed by atoms with Crippen LogP contribution in [0.25, 0.3) is 21.9 Å². The predicted molar refractivity (Wildman–Crippen MR) is 78.1 cm³/mol. The van der Waals surface area contributed by atoms with Crippen LogP contribution >= 0.6 is 0 Å². The van der Waals surface area contributed by atoms with Crippen molar-refractivity contribution in [2.24, 2.45) is 0 Å². The van der Waals surface area contributed by atoms with E-state index in [0.29, 0.717) is 22.8 Å². The zero-order valence-corrected chi connectivity index (χ0v) is 10.9. The Labute approximate surface area is 119 Å². The molecule has 0 spiro atoms. The molecule has 0 saturated carbocycles. The van der Waals surface area contributed by atoms with Crippen molar-refractivity contribution in [2.75, 3.05) is 0 Å². The van der Waals surface area contributed by atoms with Crippen LogP contribution in [0, 0.1) is 5.82 Å². The molecule has 4 heteroatoms. The topological polar surface area (TPSA) is 57.5 Å². The molecule has 2 N–H and O–H groups in total. The van der Waals surface area contributed by atoms with Crippen molar-refractivity contribution in [1.29, 1.82) is 0 Å². The monoisotopic (exact) mass is 282 g/mol. The molecule has 0 amide bonds. The van der Waals surface area contributed by atoms with Gasteiger partial charge >= 0.3 is 0 Å². The van der Waals surface area contributed by atoms with Gasteiger partial charge in [0.25, 0.3) is 0 Å². The van der Waals surface area contributed by atoms with Crippen molar-refractivity contribution >= 4 is 17.1 Å².